The second-order valence-corrected chi connectivity index (χ2v) is 7.07. The number of hydrogen-bond donors (Lipinski definition) is 1. The third kappa shape index (κ3) is 5.23. The lowest BCUT2D eigenvalue weighted by Gasteiger charge is -2.23. The van der Waals surface area contributed by atoms with Crippen LogP contribution in [0.4, 0.5) is 0 Å². The highest BCUT2D eigenvalue weighted by molar-refractivity contribution is 5.89. The van der Waals surface area contributed by atoms with E-state index in [0.717, 1.165) is 17.7 Å². The lowest BCUT2D eigenvalue weighted by molar-refractivity contribution is -0.138. The number of aryl methyl sites for hydroxylation is 1. The average Bonchev–Trinajstić information content (AvgIpc) is 3.48. The molecule has 9 heteroatoms. The molecule has 0 saturated carbocycles. The van der Waals surface area contributed by atoms with Crippen molar-refractivity contribution >= 4 is 17.4 Å². The molecular formula is C21H23N5O4. The van der Waals surface area contributed by atoms with Crippen molar-refractivity contribution in [2.75, 3.05) is 13.1 Å². The number of aromatic nitrogens is 3. The summed E-state index contributed by atoms with van der Waals surface area (Å²) in [4.78, 5) is 30.8. The SMILES string of the molecule is C#C/C(=C\C=C(/C)CNC(=O)[C@@H]1CCCN1C(=O)Cc1cc(C)no1)c1ncon1. The van der Waals surface area contributed by atoms with Gasteiger partial charge >= 0.3 is 0 Å². The number of amides is 2. The fraction of sp³-hybridized carbons (Fsp3) is 0.381. The van der Waals surface area contributed by atoms with Gasteiger partial charge in [0.15, 0.2) is 0 Å². The largest absolute Gasteiger partial charge is 0.361 e. The highest BCUT2D eigenvalue weighted by Gasteiger charge is 2.34. The van der Waals surface area contributed by atoms with Crippen LogP contribution >= 0.6 is 0 Å². The average molecular weight is 409 g/mol. The Bertz CT molecular complexity index is 997. The molecule has 9 nitrogen and oxygen atoms in total. The summed E-state index contributed by atoms with van der Waals surface area (Å²) >= 11 is 0. The van der Waals surface area contributed by atoms with Gasteiger partial charge in [-0.15, -0.1) is 6.42 Å². The smallest absolute Gasteiger partial charge is 0.243 e. The van der Waals surface area contributed by atoms with Crippen LogP contribution in [0.5, 0.6) is 0 Å². The summed E-state index contributed by atoms with van der Waals surface area (Å²) in [7, 11) is 0. The number of carbonyl (C=O) groups excluding carboxylic acids is 2. The van der Waals surface area contributed by atoms with E-state index >= 15 is 0 Å². The minimum atomic E-state index is -0.481. The van der Waals surface area contributed by atoms with Gasteiger partial charge in [-0.05, 0) is 32.8 Å². The predicted octanol–water partition coefficient (Wildman–Crippen LogP) is 1.68. The minimum Gasteiger partial charge on any atom is -0.361 e. The van der Waals surface area contributed by atoms with E-state index in [1.807, 2.05) is 6.92 Å². The van der Waals surface area contributed by atoms with Crippen LogP contribution in [0.1, 0.15) is 37.0 Å². The van der Waals surface area contributed by atoms with Crippen LogP contribution in [0.25, 0.3) is 5.57 Å². The molecule has 1 fully saturated rings. The molecule has 0 unspecified atom stereocenters. The second-order valence-electron chi connectivity index (χ2n) is 7.07. The molecule has 3 heterocycles. The molecule has 0 aliphatic carbocycles. The Balaban J connectivity index is 1.55. The number of nitrogens with one attached hydrogen (secondary N) is 1. The Morgan fingerprint density at radius 2 is 2.23 bits per heavy atom. The first-order chi connectivity index (χ1) is 14.5. The molecule has 3 rings (SSSR count). The quantitative estimate of drug-likeness (QED) is 0.546. The maximum Gasteiger partial charge on any atom is 0.243 e. The van der Waals surface area contributed by atoms with Gasteiger partial charge in [0.05, 0.1) is 17.7 Å². The van der Waals surface area contributed by atoms with Crippen LogP contribution in [0.2, 0.25) is 0 Å². The molecule has 1 aliphatic heterocycles. The first-order valence-electron chi connectivity index (χ1n) is 9.58. The van der Waals surface area contributed by atoms with Gasteiger partial charge in [-0.25, -0.2) is 0 Å². The molecule has 0 spiro atoms. The Labute approximate surface area is 174 Å². The Morgan fingerprint density at radius 1 is 1.40 bits per heavy atom. The topological polar surface area (TPSA) is 114 Å². The van der Waals surface area contributed by atoms with Crippen LogP contribution in [0, 0.1) is 19.3 Å². The predicted molar refractivity (Wildman–Crippen MR) is 108 cm³/mol. The zero-order valence-corrected chi connectivity index (χ0v) is 16.9. The minimum absolute atomic E-state index is 0.0965. The van der Waals surface area contributed by atoms with Crippen LogP contribution in [0.3, 0.4) is 0 Å². The van der Waals surface area contributed by atoms with Crippen molar-refractivity contribution in [1.82, 2.24) is 25.5 Å². The Hall–Kier alpha value is -3.67. The van der Waals surface area contributed by atoms with Crippen molar-refractivity contribution in [3.63, 3.8) is 0 Å². The summed E-state index contributed by atoms with van der Waals surface area (Å²) in [5.41, 5.74) is 2.08. The molecule has 1 atom stereocenters. The summed E-state index contributed by atoms with van der Waals surface area (Å²) in [5, 5.41) is 10.4. The van der Waals surface area contributed by atoms with E-state index in [1.165, 1.54) is 6.39 Å². The van der Waals surface area contributed by atoms with E-state index in [-0.39, 0.29) is 18.2 Å². The number of rotatable bonds is 7. The normalized spacial score (nSPS) is 17.1. The number of hydrogen-bond acceptors (Lipinski definition) is 7. The summed E-state index contributed by atoms with van der Waals surface area (Å²) in [6.45, 7) is 4.55. The molecular weight excluding hydrogens is 386 g/mol. The highest BCUT2D eigenvalue weighted by Crippen LogP contribution is 2.19. The van der Waals surface area contributed by atoms with Crippen molar-refractivity contribution in [3.8, 4) is 12.3 Å². The van der Waals surface area contributed by atoms with E-state index in [2.05, 4.69) is 26.5 Å². The van der Waals surface area contributed by atoms with Gasteiger partial charge < -0.3 is 19.3 Å². The van der Waals surface area contributed by atoms with Crippen molar-refractivity contribution in [1.29, 1.82) is 0 Å². The van der Waals surface area contributed by atoms with Gasteiger partial charge in [0, 0.05) is 19.2 Å². The number of carbonyl (C=O) groups is 2. The fourth-order valence-corrected chi connectivity index (χ4v) is 3.19. The molecule has 0 radical (unpaired) electrons. The summed E-state index contributed by atoms with van der Waals surface area (Å²) in [6.07, 6.45) is 11.7. The molecule has 1 saturated heterocycles. The van der Waals surface area contributed by atoms with E-state index in [1.54, 1.807) is 30.0 Å². The van der Waals surface area contributed by atoms with E-state index in [4.69, 9.17) is 15.5 Å². The van der Waals surface area contributed by atoms with E-state index < -0.39 is 6.04 Å². The number of terminal acetylenes is 1. The number of nitrogens with zero attached hydrogens (tertiary/aromatic N) is 4. The molecule has 30 heavy (non-hydrogen) atoms. The number of likely N-dealkylation sites (tertiary alicyclic amines) is 1. The van der Waals surface area contributed by atoms with Gasteiger partial charge in [-0.1, -0.05) is 27.9 Å². The zero-order chi connectivity index (χ0) is 21.5. The van der Waals surface area contributed by atoms with Gasteiger partial charge in [-0.3, -0.25) is 9.59 Å². The second kappa shape index (κ2) is 9.69. The summed E-state index contributed by atoms with van der Waals surface area (Å²) in [6, 6.07) is 1.24. The van der Waals surface area contributed by atoms with Crippen LogP contribution in [-0.2, 0) is 16.0 Å². The molecule has 156 valence electrons. The van der Waals surface area contributed by atoms with Gasteiger partial charge in [-0.2, -0.15) is 4.98 Å². The Morgan fingerprint density at radius 3 is 2.90 bits per heavy atom. The lowest BCUT2D eigenvalue weighted by atomic mass is 10.1. The maximum atomic E-state index is 12.7. The van der Waals surface area contributed by atoms with Crippen LogP contribution < -0.4 is 5.32 Å². The van der Waals surface area contributed by atoms with Crippen molar-refractivity contribution < 1.29 is 18.6 Å². The maximum absolute atomic E-state index is 12.7. The van der Waals surface area contributed by atoms with Gasteiger partial charge in [0.25, 0.3) is 0 Å². The molecule has 2 amide bonds. The van der Waals surface area contributed by atoms with Gasteiger partial charge in [0.1, 0.15) is 11.8 Å². The first kappa shape index (κ1) is 21.0. The van der Waals surface area contributed by atoms with E-state index in [0.29, 0.717) is 36.7 Å². The zero-order valence-electron chi connectivity index (χ0n) is 16.9. The van der Waals surface area contributed by atoms with Crippen molar-refractivity contribution in [3.05, 3.63) is 47.5 Å². The molecule has 0 aromatic carbocycles. The third-order valence-electron chi connectivity index (χ3n) is 4.71. The molecule has 0 bridgehead atoms. The third-order valence-corrected chi connectivity index (χ3v) is 4.71. The molecule has 2 aromatic heterocycles. The van der Waals surface area contributed by atoms with E-state index in [9.17, 15) is 9.59 Å². The van der Waals surface area contributed by atoms with Crippen molar-refractivity contribution in [2.24, 2.45) is 0 Å². The number of allylic oxidation sites excluding steroid dienone is 3. The van der Waals surface area contributed by atoms with Gasteiger partial charge in [0.2, 0.25) is 24.0 Å². The summed E-state index contributed by atoms with van der Waals surface area (Å²) in [5.74, 6) is 3.00. The Kier molecular flexibility index (Phi) is 6.80. The summed E-state index contributed by atoms with van der Waals surface area (Å²) < 4.78 is 9.80. The van der Waals surface area contributed by atoms with Crippen molar-refractivity contribution in [2.45, 2.75) is 39.2 Å². The first-order valence-corrected chi connectivity index (χ1v) is 9.58. The highest BCUT2D eigenvalue weighted by atomic mass is 16.5. The standard InChI is InChI=1S/C21H23N5O4/c1-4-16(20-23-13-29-25-20)8-7-14(2)12-22-21(28)18-6-5-9-26(18)19(27)11-17-10-15(3)24-30-17/h1,7-8,10,13,18H,5-6,9,11-12H2,2-3H3,(H,22,28)/b14-7+,16-8+/t18-/m0/s1. The molecule has 2 aromatic rings. The van der Waals surface area contributed by atoms with Crippen LogP contribution in [-0.4, -0.2) is 51.1 Å². The monoisotopic (exact) mass is 409 g/mol. The molecule has 1 N–H and O–H groups in total. The fourth-order valence-electron chi connectivity index (χ4n) is 3.19. The lowest BCUT2D eigenvalue weighted by Crippen LogP contribution is -2.46. The molecule has 1 aliphatic rings. The van der Waals surface area contributed by atoms with Crippen LogP contribution in [0.15, 0.2) is 39.2 Å².